The van der Waals surface area contributed by atoms with Gasteiger partial charge in [0, 0.05) is 43.6 Å². The van der Waals surface area contributed by atoms with Gasteiger partial charge in [0.1, 0.15) is 16.3 Å². The number of thiazole rings is 1. The molecule has 60 heavy (non-hydrogen) atoms. The van der Waals surface area contributed by atoms with E-state index < -0.39 is 11.4 Å². The summed E-state index contributed by atoms with van der Waals surface area (Å²) in [6.45, 7) is 35.9. The molecule has 0 aliphatic rings. The summed E-state index contributed by atoms with van der Waals surface area (Å²) in [5, 5.41) is 17.9. The van der Waals surface area contributed by atoms with Crippen LogP contribution < -0.4 is 32.6 Å². The third-order valence-corrected chi connectivity index (χ3v) is 9.99. The molecular formula is C38H62N10O9S3. The number of hydrogen-bond acceptors (Lipinski definition) is 16. The molecule has 6 N–H and O–H groups in total. The number of H-pyrrole nitrogens is 6. The normalized spacial score (nSPS) is 11.9. The highest BCUT2D eigenvalue weighted by atomic mass is 32.1. The van der Waals surface area contributed by atoms with Crippen LogP contribution >= 0.6 is 34.2 Å². The van der Waals surface area contributed by atoms with Crippen molar-refractivity contribution < 1.29 is 13.4 Å². The summed E-state index contributed by atoms with van der Waals surface area (Å²) >= 11 is 3.70. The van der Waals surface area contributed by atoms with Crippen molar-refractivity contribution >= 4 is 34.2 Å². The Morgan fingerprint density at radius 2 is 1.08 bits per heavy atom. The van der Waals surface area contributed by atoms with Gasteiger partial charge in [-0.25, -0.2) is 29.4 Å². The second kappa shape index (κ2) is 21.0. The Bertz CT molecular complexity index is 2050. The van der Waals surface area contributed by atoms with Crippen LogP contribution in [0.25, 0.3) is 0 Å². The summed E-state index contributed by atoms with van der Waals surface area (Å²) < 4.78 is 16.6. The van der Waals surface area contributed by atoms with Gasteiger partial charge in [-0.15, -0.1) is 5.10 Å². The highest BCUT2D eigenvalue weighted by molar-refractivity contribution is 7.09. The Morgan fingerprint density at radius 1 is 0.533 bits per heavy atom. The number of aromatic nitrogens is 10. The highest BCUT2D eigenvalue weighted by Crippen LogP contribution is 2.22. The summed E-state index contributed by atoms with van der Waals surface area (Å²) in [7, 11) is 0. The molecule has 0 atom stereocenters. The largest absolute Gasteiger partial charge is 0.434 e. The highest BCUT2D eigenvalue weighted by Gasteiger charge is 2.22. The molecule has 6 aromatic heterocycles. The molecule has 6 heterocycles. The first kappa shape index (κ1) is 53.1. The molecule has 0 saturated carbocycles. The zero-order valence-electron chi connectivity index (χ0n) is 37.8. The van der Waals surface area contributed by atoms with Crippen molar-refractivity contribution in [1.82, 2.24) is 49.9 Å². The molecule has 336 valence electrons. The van der Waals surface area contributed by atoms with Crippen LogP contribution in [0.1, 0.15) is 158 Å². The topological polar surface area (TPSA) is 288 Å². The lowest BCUT2D eigenvalue weighted by Crippen LogP contribution is -2.13. The van der Waals surface area contributed by atoms with Gasteiger partial charge in [-0.05, 0) is 11.5 Å². The zero-order valence-corrected chi connectivity index (χ0v) is 40.3. The van der Waals surface area contributed by atoms with E-state index in [0.717, 1.165) is 21.4 Å². The number of rotatable bonds is 0. The fraction of sp³-hybridized carbons (Fsp3) is 0.632. The first-order chi connectivity index (χ1) is 27.0. The number of nitrogens with zero attached hydrogens (tertiary/aromatic N) is 4. The minimum absolute atomic E-state index is 0.0101. The van der Waals surface area contributed by atoms with Crippen LogP contribution in [0.5, 0.6) is 0 Å². The Hall–Kier alpha value is -4.96. The summed E-state index contributed by atoms with van der Waals surface area (Å²) in [5.74, 6) is 0.00449. The van der Waals surface area contributed by atoms with Gasteiger partial charge in [0.25, 0.3) is 0 Å². The van der Waals surface area contributed by atoms with E-state index in [1.807, 2.05) is 109 Å². The van der Waals surface area contributed by atoms with Crippen molar-refractivity contribution in [2.45, 2.75) is 157 Å². The third-order valence-electron chi connectivity index (χ3n) is 6.98. The van der Waals surface area contributed by atoms with Crippen molar-refractivity contribution in [2.75, 3.05) is 0 Å². The summed E-state index contributed by atoms with van der Waals surface area (Å²) in [5.41, 5.74) is 0.803. The third kappa shape index (κ3) is 19.9. The van der Waals surface area contributed by atoms with Gasteiger partial charge in [-0.2, -0.15) is 20.2 Å². The van der Waals surface area contributed by atoms with Gasteiger partial charge < -0.3 is 18.3 Å². The molecule has 22 heteroatoms. The molecule has 0 amide bonds. The van der Waals surface area contributed by atoms with E-state index >= 15 is 0 Å². The SMILES string of the molecule is CC(C)(C)c1coc(=O)[nH]1.CC(C)(C)c1csc(=O)[nH]1.CC(C)(C)c1n[nH]c(=O)o1.CC(C)(C)c1n[nH]c(=O)s1.CC(C)(C)c1nc(=O)[nH]o1.CC(C)(C)c1nc(=O)[nH]s1. The predicted molar refractivity (Wildman–Crippen MR) is 236 cm³/mol. The molecule has 0 aliphatic heterocycles. The van der Waals surface area contributed by atoms with E-state index in [4.69, 9.17) is 8.94 Å². The first-order valence-electron chi connectivity index (χ1n) is 18.6. The summed E-state index contributed by atoms with van der Waals surface area (Å²) in [4.78, 5) is 76.1. The van der Waals surface area contributed by atoms with E-state index in [0.29, 0.717) is 11.8 Å². The predicted octanol–water partition coefficient (Wildman–Crippen LogP) is 6.58. The smallest absolute Gasteiger partial charge is 0.416 e. The van der Waals surface area contributed by atoms with Crippen LogP contribution in [0.15, 0.2) is 53.8 Å². The van der Waals surface area contributed by atoms with Gasteiger partial charge in [0.15, 0.2) is 0 Å². The number of hydrogen-bond donors (Lipinski definition) is 6. The number of nitrogens with one attached hydrogen (secondary N) is 6. The lowest BCUT2D eigenvalue weighted by Gasteiger charge is -2.14. The molecule has 0 bridgehead atoms. The van der Waals surface area contributed by atoms with E-state index in [9.17, 15) is 28.8 Å². The quantitative estimate of drug-likeness (QED) is 0.0941. The van der Waals surface area contributed by atoms with E-state index in [-0.39, 0.29) is 53.7 Å². The molecule has 19 nitrogen and oxygen atoms in total. The van der Waals surface area contributed by atoms with Crippen LogP contribution in [-0.2, 0) is 32.5 Å². The fourth-order valence-electron chi connectivity index (χ4n) is 3.49. The Balaban J connectivity index is 0.000000360. The molecule has 0 aromatic carbocycles. The van der Waals surface area contributed by atoms with Crippen molar-refractivity contribution in [2.24, 2.45) is 0 Å². The molecule has 0 fully saturated rings. The lowest BCUT2D eigenvalue weighted by atomic mass is 9.93. The van der Waals surface area contributed by atoms with Gasteiger partial charge in [0.05, 0.1) is 5.69 Å². The molecule has 0 radical (unpaired) electrons. The molecule has 0 unspecified atom stereocenters. The average Bonchev–Trinajstić information content (AvgIpc) is 3.90. The standard InChI is InChI=1S/C7H11NO2.C7H11NOS.2C6H10N2O2.2C6H10N2OS/c2*1-7(2,3)5-4-10-6(9)8-5;1-6(2,3)4-7-8-5(9)10-4;1-6(2,3)4-7-5(9)8-10-4;1-6(2,3)4-7-8-5(9)10-4;1-6(2,3)4-7-5(9)8-10-4/h2*4H,1-3H3,(H,8,9);4*1-3H3,(H,8,9). The molecule has 0 saturated heterocycles. The van der Waals surface area contributed by atoms with Crippen molar-refractivity contribution in [3.8, 4) is 0 Å². The number of aromatic amines is 6. The van der Waals surface area contributed by atoms with Crippen LogP contribution in [0, 0.1) is 0 Å². The average molecular weight is 899 g/mol. The Labute approximate surface area is 359 Å². The van der Waals surface area contributed by atoms with Gasteiger partial charge in [0.2, 0.25) is 11.8 Å². The van der Waals surface area contributed by atoms with Crippen molar-refractivity contribution in [3.05, 3.63) is 106 Å². The maximum absolute atomic E-state index is 10.7. The first-order valence-corrected chi connectivity index (χ1v) is 21.1. The van der Waals surface area contributed by atoms with Crippen molar-refractivity contribution in [3.63, 3.8) is 0 Å². The fourth-order valence-corrected chi connectivity index (χ4v) is 5.63. The minimum Gasteiger partial charge on any atom is -0.416 e. The minimum atomic E-state index is -0.495. The van der Waals surface area contributed by atoms with Crippen LogP contribution in [-0.4, -0.2) is 49.9 Å². The maximum atomic E-state index is 10.7. The van der Waals surface area contributed by atoms with E-state index in [2.05, 4.69) is 75.0 Å². The Morgan fingerprint density at radius 3 is 1.28 bits per heavy atom. The maximum Gasteiger partial charge on any atom is 0.434 e. The van der Waals surface area contributed by atoms with E-state index in [1.54, 1.807) is 0 Å². The second-order valence-electron chi connectivity index (χ2n) is 19.3. The van der Waals surface area contributed by atoms with Gasteiger partial charge >= 0.3 is 32.6 Å². The van der Waals surface area contributed by atoms with Crippen LogP contribution in [0.4, 0.5) is 0 Å². The van der Waals surface area contributed by atoms with Gasteiger partial charge in [-0.3, -0.25) is 18.9 Å². The molecule has 6 aromatic rings. The van der Waals surface area contributed by atoms with Crippen LogP contribution in [0.2, 0.25) is 0 Å². The summed E-state index contributed by atoms with van der Waals surface area (Å²) in [6, 6.07) is 0. The molecule has 0 aliphatic carbocycles. The van der Waals surface area contributed by atoms with Crippen LogP contribution in [0.3, 0.4) is 0 Å². The molecule has 0 spiro atoms. The molecular weight excluding hydrogens is 837 g/mol. The Kier molecular flexibility index (Phi) is 18.6. The zero-order chi connectivity index (χ0) is 46.7. The second-order valence-corrected chi connectivity index (χ2v) is 21.9. The number of oxazole rings is 1. The van der Waals surface area contributed by atoms with Crippen molar-refractivity contribution in [1.29, 1.82) is 0 Å². The monoisotopic (exact) mass is 898 g/mol. The van der Waals surface area contributed by atoms with Gasteiger partial charge in [-0.1, -0.05) is 147 Å². The molecule has 6 rings (SSSR count). The summed E-state index contributed by atoms with van der Waals surface area (Å²) in [6.07, 6.45) is 1.46. The lowest BCUT2D eigenvalue weighted by molar-refractivity contribution is 0.318. The van der Waals surface area contributed by atoms with E-state index in [1.165, 1.54) is 40.5 Å².